The number of aliphatic hydroxyl groups is 1. The molecule has 0 atom stereocenters. The van der Waals surface area contributed by atoms with Gasteiger partial charge >= 0.3 is 0 Å². The van der Waals surface area contributed by atoms with E-state index in [0.29, 0.717) is 0 Å². The maximum Gasteiger partial charge on any atom is 0.0319 e. The van der Waals surface area contributed by atoms with Crippen LogP contribution in [-0.2, 0) is 0 Å². The van der Waals surface area contributed by atoms with E-state index in [1.165, 1.54) is 17.2 Å². The van der Waals surface area contributed by atoms with Gasteiger partial charge in [0.2, 0.25) is 0 Å². The van der Waals surface area contributed by atoms with Crippen molar-refractivity contribution in [2.75, 3.05) is 7.11 Å². The molecule has 0 heterocycles. The fourth-order valence-corrected chi connectivity index (χ4v) is 1.13. The molecule has 0 amide bonds. The zero-order valence-corrected chi connectivity index (χ0v) is 11.8. The van der Waals surface area contributed by atoms with Gasteiger partial charge in [0.05, 0.1) is 0 Å². The Hall–Kier alpha value is -1.34. The number of benzene rings is 2. The van der Waals surface area contributed by atoms with Gasteiger partial charge in [0.15, 0.2) is 0 Å². The van der Waals surface area contributed by atoms with E-state index in [0.717, 1.165) is 7.11 Å². The van der Waals surface area contributed by atoms with Crippen LogP contribution in [0, 0.1) is 0 Å². The van der Waals surface area contributed by atoms with Crippen molar-refractivity contribution in [3.05, 3.63) is 48.5 Å². The molecule has 0 bridgehead atoms. The number of hydrogen-bond donors (Lipinski definition) is 1. The lowest BCUT2D eigenvalue weighted by molar-refractivity contribution is 0.399. The van der Waals surface area contributed by atoms with E-state index >= 15 is 0 Å². The fourth-order valence-electron chi connectivity index (χ4n) is 1.13. The van der Waals surface area contributed by atoms with Gasteiger partial charge in [-0.05, 0) is 10.8 Å². The van der Waals surface area contributed by atoms with Crippen LogP contribution in [0.2, 0.25) is 0 Å². The van der Waals surface area contributed by atoms with Crippen LogP contribution in [0.25, 0.3) is 10.8 Å². The summed E-state index contributed by atoms with van der Waals surface area (Å²) in [6.07, 6.45) is 1.25. The van der Waals surface area contributed by atoms with Crippen molar-refractivity contribution in [2.45, 2.75) is 34.1 Å². The molecule has 0 fully saturated rings. The van der Waals surface area contributed by atoms with Crippen molar-refractivity contribution < 1.29 is 5.11 Å². The first-order chi connectivity index (χ1) is 8.38. The third-order valence-corrected chi connectivity index (χ3v) is 1.66. The van der Waals surface area contributed by atoms with E-state index in [-0.39, 0.29) is 0 Å². The lowest BCUT2D eigenvalue weighted by Crippen LogP contribution is -1.67. The smallest absolute Gasteiger partial charge is 0.0319 e. The Balaban J connectivity index is 0. The second-order valence-electron chi connectivity index (χ2n) is 3.05. The SMILES string of the molecule is CC.CCC.CO.c1ccc2ccccc2c1. The number of hydrogen-bond acceptors (Lipinski definition) is 1. The molecule has 2 aromatic rings. The molecule has 0 saturated carbocycles. The molecule has 96 valence electrons. The highest BCUT2D eigenvalue weighted by molar-refractivity contribution is 5.81. The first-order valence-corrected chi connectivity index (χ1v) is 6.27. The largest absolute Gasteiger partial charge is 0.400 e. The summed E-state index contributed by atoms with van der Waals surface area (Å²) >= 11 is 0. The van der Waals surface area contributed by atoms with Crippen LogP contribution in [0.1, 0.15) is 34.1 Å². The van der Waals surface area contributed by atoms with Crippen molar-refractivity contribution in [3.8, 4) is 0 Å². The molecule has 0 aliphatic carbocycles. The van der Waals surface area contributed by atoms with Crippen molar-refractivity contribution in [1.29, 1.82) is 0 Å². The van der Waals surface area contributed by atoms with Crippen LogP contribution in [0.3, 0.4) is 0 Å². The monoisotopic (exact) mass is 234 g/mol. The first kappa shape index (κ1) is 18.0. The van der Waals surface area contributed by atoms with Gasteiger partial charge in [0, 0.05) is 7.11 Å². The standard InChI is InChI=1S/C10H8.C3H8.C2H6.CH4O/c1-2-6-10-8-4-3-7-9(10)5-1;1-3-2;2*1-2/h1-8H;3H2,1-2H3;1-2H3;2H,1H3. The van der Waals surface area contributed by atoms with Gasteiger partial charge < -0.3 is 5.11 Å². The summed E-state index contributed by atoms with van der Waals surface area (Å²) in [4.78, 5) is 0. The summed E-state index contributed by atoms with van der Waals surface area (Å²) in [6.45, 7) is 8.25. The van der Waals surface area contributed by atoms with Gasteiger partial charge in [-0.2, -0.15) is 0 Å². The van der Waals surface area contributed by atoms with E-state index < -0.39 is 0 Å². The Bertz CT molecular complexity index is 290. The summed E-state index contributed by atoms with van der Waals surface area (Å²) in [5.74, 6) is 0. The van der Waals surface area contributed by atoms with Crippen LogP contribution in [0.4, 0.5) is 0 Å². The van der Waals surface area contributed by atoms with Crippen LogP contribution < -0.4 is 0 Å². The Morgan fingerprint density at radius 2 is 0.882 bits per heavy atom. The topological polar surface area (TPSA) is 20.2 Å². The zero-order valence-electron chi connectivity index (χ0n) is 11.8. The summed E-state index contributed by atoms with van der Waals surface area (Å²) in [6, 6.07) is 16.7. The van der Waals surface area contributed by atoms with Gasteiger partial charge in [-0.25, -0.2) is 0 Å². The predicted octanol–water partition coefficient (Wildman–Crippen LogP) is 4.89. The quantitative estimate of drug-likeness (QED) is 0.688. The first-order valence-electron chi connectivity index (χ1n) is 6.27. The van der Waals surface area contributed by atoms with Gasteiger partial charge in [-0.1, -0.05) is 82.6 Å². The minimum Gasteiger partial charge on any atom is -0.400 e. The van der Waals surface area contributed by atoms with Gasteiger partial charge in [-0.3, -0.25) is 0 Å². The Morgan fingerprint density at radius 1 is 0.706 bits per heavy atom. The molecule has 1 nitrogen and oxygen atoms in total. The molecule has 0 aromatic heterocycles. The molecule has 0 aliphatic heterocycles. The molecule has 0 unspecified atom stereocenters. The lowest BCUT2D eigenvalue weighted by Gasteiger charge is -1.92. The zero-order chi connectivity index (χ0) is 13.5. The maximum atomic E-state index is 7.00. The molecule has 0 radical (unpaired) electrons. The van der Waals surface area contributed by atoms with E-state index in [1.807, 2.05) is 13.8 Å². The van der Waals surface area contributed by atoms with Gasteiger partial charge in [0.25, 0.3) is 0 Å². The minimum absolute atomic E-state index is 1.00. The second-order valence-corrected chi connectivity index (χ2v) is 3.05. The van der Waals surface area contributed by atoms with E-state index in [9.17, 15) is 0 Å². The summed E-state index contributed by atoms with van der Waals surface area (Å²) in [7, 11) is 1.00. The summed E-state index contributed by atoms with van der Waals surface area (Å²) in [5, 5.41) is 9.62. The molecule has 0 saturated heterocycles. The average molecular weight is 234 g/mol. The van der Waals surface area contributed by atoms with E-state index in [4.69, 9.17) is 5.11 Å². The maximum absolute atomic E-state index is 7.00. The van der Waals surface area contributed by atoms with Crippen LogP contribution in [0.5, 0.6) is 0 Å². The van der Waals surface area contributed by atoms with Crippen LogP contribution in [-0.4, -0.2) is 12.2 Å². The van der Waals surface area contributed by atoms with Crippen LogP contribution >= 0.6 is 0 Å². The third kappa shape index (κ3) is 8.47. The molecule has 1 N–H and O–H groups in total. The molecule has 2 rings (SSSR count). The lowest BCUT2D eigenvalue weighted by atomic mass is 10.1. The van der Waals surface area contributed by atoms with E-state index in [1.54, 1.807) is 0 Å². The molecular formula is C16H26O. The Kier molecular flexibility index (Phi) is 15.6. The third-order valence-electron chi connectivity index (χ3n) is 1.66. The number of rotatable bonds is 0. The minimum atomic E-state index is 1.00. The molecule has 2 aromatic carbocycles. The highest BCUT2D eigenvalue weighted by Crippen LogP contribution is 2.11. The number of fused-ring (bicyclic) bond motifs is 1. The van der Waals surface area contributed by atoms with Crippen molar-refractivity contribution in [3.63, 3.8) is 0 Å². The Morgan fingerprint density at radius 3 is 1.06 bits per heavy atom. The highest BCUT2D eigenvalue weighted by Gasteiger charge is 1.85. The normalized spacial score (nSPS) is 7.65. The van der Waals surface area contributed by atoms with Crippen molar-refractivity contribution in [1.82, 2.24) is 0 Å². The summed E-state index contributed by atoms with van der Waals surface area (Å²) in [5.41, 5.74) is 0. The van der Waals surface area contributed by atoms with Crippen LogP contribution in [0.15, 0.2) is 48.5 Å². The highest BCUT2D eigenvalue weighted by atomic mass is 16.2. The summed E-state index contributed by atoms with van der Waals surface area (Å²) < 4.78 is 0. The number of aliphatic hydroxyl groups excluding tert-OH is 1. The fraction of sp³-hybridized carbons (Fsp3) is 0.375. The molecule has 0 aliphatic rings. The predicted molar refractivity (Wildman–Crippen MR) is 79.4 cm³/mol. The van der Waals surface area contributed by atoms with Gasteiger partial charge in [0.1, 0.15) is 0 Å². The molecular weight excluding hydrogens is 208 g/mol. The molecule has 17 heavy (non-hydrogen) atoms. The van der Waals surface area contributed by atoms with Gasteiger partial charge in [-0.15, -0.1) is 0 Å². The average Bonchev–Trinajstić information content (AvgIpc) is 2.44. The molecule has 1 heteroatoms. The van der Waals surface area contributed by atoms with E-state index in [2.05, 4.69) is 62.4 Å². The van der Waals surface area contributed by atoms with Crippen molar-refractivity contribution in [2.24, 2.45) is 0 Å². The second kappa shape index (κ2) is 14.7. The Labute approximate surface area is 106 Å². The molecule has 0 spiro atoms. The van der Waals surface area contributed by atoms with Crippen molar-refractivity contribution >= 4 is 10.8 Å².